The molecule has 176 valence electrons. The molecule has 1 aromatic heterocycles. The summed E-state index contributed by atoms with van der Waals surface area (Å²) in [7, 11) is 0. The van der Waals surface area contributed by atoms with Gasteiger partial charge in [0.1, 0.15) is 5.69 Å². The average molecular weight is 489 g/mol. The molecule has 8 nitrogen and oxygen atoms in total. The van der Waals surface area contributed by atoms with E-state index in [2.05, 4.69) is 15.7 Å². The van der Waals surface area contributed by atoms with Gasteiger partial charge in [-0.3, -0.25) is 14.4 Å². The highest BCUT2D eigenvalue weighted by Crippen LogP contribution is 2.24. The van der Waals surface area contributed by atoms with Crippen molar-refractivity contribution < 1.29 is 19.5 Å². The molecule has 9 heteroatoms. The number of aliphatic carboxylic acids is 1. The molecule has 3 N–H and O–H groups in total. The van der Waals surface area contributed by atoms with Crippen LogP contribution in [0.3, 0.4) is 0 Å². The molecule has 35 heavy (non-hydrogen) atoms. The minimum absolute atomic E-state index is 0.0338. The van der Waals surface area contributed by atoms with Crippen LogP contribution in [0.4, 0.5) is 5.69 Å². The van der Waals surface area contributed by atoms with Gasteiger partial charge in [0, 0.05) is 28.4 Å². The molecule has 2 amide bonds. The van der Waals surface area contributed by atoms with Crippen LogP contribution in [0, 0.1) is 0 Å². The Morgan fingerprint density at radius 3 is 2.23 bits per heavy atom. The van der Waals surface area contributed by atoms with Crippen molar-refractivity contribution in [1.29, 1.82) is 0 Å². The Morgan fingerprint density at radius 2 is 1.57 bits per heavy atom. The third-order valence-electron chi connectivity index (χ3n) is 5.11. The number of amides is 2. The first kappa shape index (κ1) is 23.7. The van der Waals surface area contributed by atoms with Crippen LogP contribution in [0.25, 0.3) is 16.9 Å². The number of nitrogens with zero attached hydrogens (tertiary/aromatic N) is 2. The second-order valence-electron chi connectivity index (χ2n) is 7.60. The molecular formula is C26H21ClN4O4. The first-order valence-corrected chi connectivity index (χ1v) is 11.1. The summed E-state index contributed by atoms with van der Waals surface area (Å²) in [5.74, 6) is -1.75. The van der Waals surface area contributed by atoms with Gasteiger partial charge in [-0.1, -0.05) is 41.9 Å². The number of carbonyl (C=O) groups is 3. The number of rotatable bonds is 8. The van der Waals surface area contributed by atoms with E-state index in [1.54, 1.807) is 47.1 Å². The molecule has 0 atom stereocenters. The summed E-state index contributed by atoms with van der Waals surface area (Å²) >= 11 is 6.00. The molecule has 1 heterocycles. The van der Waals surface area contributed by atoms with Crippen LogP contribution >= 0.6 is 11.6 Å². The molecule has 0 saturated carbocycles. The number of hydrogen-bond donors (Lipinski definition) is 3. The summed E-state index contributed by atoms with van der Waals surface area (Å²) in [6.45, 7) is 0.0338. The number of carbonyl (C=O) groups excluding carboxylic acids is 2. The fourth-order valence-electron chi connectivity index (χ4n) is 3.36. The van der Waals surface area contributed by atoms with Gasteiger partial charge in [0.05, 0.1) is 17.8 Å². The predicted molar refractivity (Wildman–Crippen MR) is 133 cm³/mol. The Labute approximate surface area is 206 Å². The largest absolute Gasteiger partial charge is 0.481 e. The van der Waals surface area contributed by atoms with E-state index in [-0.39, 0.29) is 24.8 Å². The van der Waals surface area contributed by atoms with Crippen LogP contribution in [0.2, 0.25) is 5.02 Å². The zero-order valence-corrected chi connectivity index (χ0v) is 19.2. The van der Waals surface area contributed by atoms with Crippen LogP contribution < -0.4 is 10.6 Å². The van der Waals surface area contributed by atoms with Gasteiger partial charge >= 0.3 is 5.97 Å². The quantitative estimate of drug-likeness (QED) is 0.334. The van der Waals surface area contributed by atoms with E-state index in [0.717, 1.165) is 11.3 Å². The summed E-state index contributed by atoms with van der Waals surface area (Å²) in [5.41, 5.74) is 3.34. The highest BCUT2D eigenvalue weighted by molar-refractivity contribution is 6.30. The molecule has 4 rings (SSSR count). The van der Waals surface area contributed by atoms with E-state index >= 15 is 0 Å². The number of benzene rings is 3. The van der Waals surface area contributed by atoms with Gasteiger partial charge in [-0.2, -0.15) is 5.10 Å². The topological polar surface area (TPSA) is 113 Å². The van der Waals surface area contributed by atoms with Crippen molar-refractivity contribution in [2.24, 2.45) is 0 Å². The van der Waals surface area contributed by atoms with Gasteiger partial charge in [-0.15, -0.1) is 0 Å². The molecule has 0 saturated heterocycles. The Bertz CT molecular complexity index is 1350. The molecule has 0 aliphatic rings. The van der Waals surface area contributed by atoms with E-state index in [1.165, 1.54) is 0 Å². The maximum absolute atomic E-state index is 13.2. The van der Waals surface area contributed by atoms with Gasteiger partial charge in [0.15, 0.2) is 0 Å². The number of para-hydroxylation sites is 1. The van der Waals surface area contributed by atoms with Crippen molar-refractivity contribution in [3.8, 4) is 16.9 Å². The Balaban J connectivity index is 1.55. The third-order valence-corrected chi connectivity index (χ3v) is 5.36. The van der Waals surface area contributed by atoms with E-state index in [4.69, 9.17) is 16.7 Å². The number of carboxylic acid groups (broad SMARTS) is 1. The van der Waals surface area contributed by atoms with E-state index in [1.807, 2.05) is 42.5 Å². The second-order valence-corrected chi connectivity index (χ2v) is 8.04. The van der Waals surface area contributed by atoms with E-state index < -0.39 is 5.97 Å². The van der Waals surface area contributed by atoms with E-state index in [9.17, 15) is 14.4 Å². The normalized spacial score (nSPS) is 10.5. The highest BCUT2D eigenvalue weighted by Gasteiger charge is 2.18. The standard InChI is InChI=1S/C26H21ClN4O4/c27-19-10-6-17(7-11-19)22-16-23(31(30-22)21-4-2-1-3-5-21)26(35)29-20-12-8-18(9-13-20)25(34)28-15-14-24(32)33/h1-13,16H,14-15H2,(H,28,34)(H,29,35)(H,32,33). The molecule has 0 spiro atoms. The number of hydrogen-bond acceptors (Lipinski definition) is 4. The average Bonchev–Trinajstić information content (AvgIpc) is 3.31. The lowest BCUT2D eigenvalue weighted by atomic mass is 10.1. The third kappa shape index (κ3) is 5.93. The first-order chi connectivity index (χ1) is 16.9. The van der Waals surface area contributed by atoms with Crippen LogP contribution in [-0.2, 0) is 4.79 Å². The van der Waals surface area contributed by atoms with Gasteiger partial charge in [-0.05, 0) is 54.6 Å². The predicted octanol–water partition coefficient (Wildman–Crippen LogP) is 4.65. The minimum atomic E-state index is -0.989. The number of halogens is 1. The lowest BCUT2D eigenvalue weighted by Gasteiger charge is -2.09. The monoisotopic (exact) mass is 488 g/mol. The summed E-state index contributed by atoms with van der Waals surface area (Å²) < 4.78 is 1.57. The van der Waals surface area contributed by atoms with Gasteiger partial charge in [0.25, 0.3) is 11.8 Å². The number of carboxylic acids is 1. The molecule has 4 aromatic rings. The van der Waals surface area contributed by atoms with E-state index in [0.29, 0.717) is 27.7 Å². The van der Waals surface area contributed by atoms with Crippen LogP contribution in [0.15, 0.2) is 84.9 Å². The van der Waals surface area contributed by atoms with Gasteiger partial charge in [0.2, 0.25) is 0 Å². The Morgan fingerprint density at radius 1 is 0.886 bits per heavy atom. The van der Waals surface area contributed by atoms with Crippen LogP contribution in [0.5, 0.6) is 0 Å². The van der Waals surface area contributed by atoms with Crippen molar-refractivity contribution in [3.05, 3.63) is 101 Å². The van der Waals surface area contributed by atoms with Gasteiger partial charge in [-0.25, -0.2) is 4.68 Å². The Hall–Kier alpha value is -4.43. The fraction of sp³-hybridized carbons (Fsp3) is 0.0769. The molecule has 0 bridgehead atoms. The van der Waals surface area contributed by atoms with Gasteiger partial charge < -0.3 is 15.7 Å². The number of anilines is 1. The lowest BCUT2D eigenvalue weighted by Crippen LogP contribution is -2.26. The summed E-state index contributed by atoms with van der Waals surface area (Å²) in [6, 6.07) is 24.5. The van der Waals surface area contributed by atoms with Crippen molar-refractivity contribution in [2.75, 3.05) is 11.9 Å². The fourth-order valence-corrected chi connectivity index (χ4v) is 3.48. The number of nitrogens with one attached hydrogen (secondary N) is 2. The zero-order valence-electron chi connectivity index (χ0n) is 18.4. The maximum Gasteiger partial charge on any atom is 0.305 e. The number of aromatic nitrogens is 2. The zero-order chi connectivity index (χ0) is 24.8. The summed E-state index contributed by atoms with van der Waals surface area (Å²) in [5, 5.41) is 19.3. The van der Waals surface area contributed by atoms with Crippen molar-refractivity contribution in [2.45, 2.75) is 6.42 Å². The SMILES string of the molecule is O=C(O)CCNC(=O)c1ccc(NC(=O)c2cc(-c3ccc(Cl)cc3)nn2-c2ccccc2)cc1. The molecule has 0 aliphatic carbocycles. The van der Waals surface area contributed by atoms with Crippen LogP contribution in [0.1, 0.15) is 27.3 Å². The summed E-state index contributed by atoms with van der Waals surface area (Å²) in [6.07, 6.45) is -0.160. The highest BCUT2D eigenvalue weighted by atomic mass is 35.5. The summed E-state index contributed by atoms with van der Waals surface area (Å²) in [4.78, 5) is 35.9. The molecule has 3 aromatic carbocycles. The first-order valence-electron chi connectivity index (χ1n) is 10.7. The minimum Gasteiger partial charge on any atom is -0.481 e. The molecule has 0 aliphatic heterocycles. The molecular weight excluding hydrogens is 468 g/mol. The van der Waals surface area contributed by atoms with Crippen molar-refractivity contribution in [3.63, 3.8) is 0 Å². The van der Waals surface area contributed by atoms with Crippen molar-refractivity contribution in [1.82, 2.24) is 15.1 Å². The molecule has 0 unspecified atom stereocenters. The van der Waals surface area contributed by atoms with Crippen LogP contribution in [-0.4, -0.2) is 39.2 Å². The second kappa shape index (κ2) is 10.7. The smallest absolute Gasteiger partial charge is 0.305 e. The lowest BCUT2D eigenvalue weighted by molar-refractivity contribution is -0.136. The maximum atomic E-state index is 13.2. The molecule has 0 radical (unpaired) electrons. The van der Waals surface area contributed by atoms with Crippen molar-refractivity contribution >= 4 is 35.1 Å². The molecule has 0 fully saturated rings. The Kier molecular flexibility index (Phi) is 7.23.